The fraction of sp³-hybridized carbons (Fsp3) is 0.926. The molecule has 12 nitrogen and oxygen atoms in total. The summed E-state index contributed by atoms with van der Waals surface area (Å²) in [5.74, 6) is 8.62. The summed E-state index contributed by atoms with van der Waals surface area (Å²) < 4.78 is 41.7. The summed E-state index contributed by atoms with van der Waals surface area (Å²) in [7, 11) is 3.64. The maximum Gasteiger partial charge on any atom is 0.0692 e. The first-order valence-electron chi connectivity index (χ1n) is 44.5. The summed E-state index contributed by atoms with van der Waals surface area (Å²) in [5, 5.41) is 17.1. The fourth-order valence-corrected chi connectivity index (χ4v) is 13.0. The number of aromatic nitrogens is 4. The molecule has 12 heteroatoms. The first-order valence-corrected chi connectivity index (χ1v) is 44.5. The third kappa shape index (κ3) is 53.4. The van der Waals surface area contributed by atoms with Crippen LogP contribution in [0.1, 0.15) is 419 Å². The number of methoxy groups -OCH3 is 1. The number of hydrogen-bond acceptors (Lipinski definition) is 10. The minimum atomic E-state index is 0.0694. The molecule has 0 aromatic carbocycles. The third-order valence-electron chi connectivity index (χ3n) is 22.4. The highest BCUT2D eigenvalue weighted by molar-refractivity contribution is 5.09. The van der Waals surface area contributed by atoms with Crippen LogP contribution in [0.3, 0.4) is 0 Å². The van der Waals surface area contributed by atoms with Crippen molar-refractivity contribution in [3.05, 3.63) is 35.9 Å². The molecule has 0 amide bonds. The Bertz CT molecular complexity index is 2400. The van der Waals surface area contributed by atoms with Crippen LogP contribution in [0.25, 0.3) is 0 Å². The van der Waals surface area contributed by atoms with Gasteiger partial charge >= 0.3 is 0 Å². The standard InChI is InChI=1S/C9H16N2.C9H16O.C8H13N.2C8H16O.C8H16.C7H12N2.2C7H14O.2C7H14.C6H14O.C4H10O/c1-7(2)9-5-6-10-11(9)8(3)4;1-6(2)10-9-4-7-3-8(7)5-9;1-7(2)8(6-9)4-3-5-8;1-6(2)9-7(3)8-4-5-8;1-7(2)9-8-5-3-4-6-8;1-8(2,3)7-5-4-6-7;1-6(2)7-4-8-9(3)5-7;1-6(2)8-5-7-3-4-7;1-6(2)8-7-4-3-5-7;1-7(2,3)6-4-5-6;1-6(2)7(3)4-5-7;1-5(2)7-6(3)4;1-4(2)5-3/h5-8H,1-4H3;6-9H,3-5H2,1-2H3;7H,3-5H2,1-2H3;6-8H,4-5H2,1-3H3;7-8H,3-6H2,1-2H3;7H,4-6H2,1-3H3;4-6H,1-3H3;2*6-7H,3-5H2,1-2H3;2*6H,4-5H2,1-3H3;5-6H,1-4H3;4H,1-3H3. The van der Waals surface area contributed by atoms with Gasteiger partial charge < -0.3 is 33.2 Å². The molecule has 0 aliphatic heterocycles. The van der Waals surface area contributed by atoms with Gasteiger partial charge in [0.25, 0.3) is 0 Å². The van der Waals surface area contributed by atoms with Gasteiger partial charge in [0.05, 0.1) is 90.9 Å². The highest BCUT2D eigenvalue weighted by Gasteiger charge is 2.46. The van der Waals surface area contributed by atoms with E-state index in [0.29, 0.717) is 108 Å². The van der Waals surface area contributed by atoms with Crippen LogP contribution in [0.2, 0.25) is 0 Å². The molecule has 10 aliphatic rings. The zero-order valence-corrected chi connectivity index (χ0v) is 77.9. The molecule has 107 heavy (non-hydrogen) atoms. The van der Waals surface area contributed by atoms with E-state index < -0.39 is 0 Å². The fourth-order valence-electron chi connectivity index (χ4n) is 13.0. The summed E-state index contributed by atoms with van der Waals surface area (Å²) in [4.78, 5) is 0. The van der Waals surface area contributed by atoms with Crippen LogP contribution in [-0.4, -0.2) is 107 Å². The summed E-state index contributed by atoms with van der Waals surface area (Å²) in [6, 6.07) is 4.98. The first kappa shape index (κ1) is 105. The van der Waals surface area contributed by atoms with Gasteiger partial charge in [0.15, 0.2) is 0 Å². The molecule has 12 rings (SSSR count). The molecule has 10 aliphatic carbocycles. The number of nitrogens with zero attached hydrogens (tertiary/aromatic N) is 5. The van der Waals surface area contributed by atoms with Gasteiger partial charge in [-0.3, -0.25) is 9.36 Å². The Morgan fingerprint density at radius 1 is 0.486 bits per heavy atom. The van der Waals surface area contributed by atoms with E-state index in [4.69, 9.17) is 38.4 Å². The van der Waals surface area contributed by atoms with Gasteiger partial charge in [0.2, 0.25) is 0 Å². The van der Waals surface area contributed by atoms with Crippen molar-refractivity contribution < 1.29 is 33.2 Å². The molecule has 2 heterocycles. The summed E-state index contributed by atoms with van der Waals surface area (Å²) >= 11 is 0. The van der Waals surface area contributed by atoms with Crippen LogP contribution in [-0.2, 0) is 40.2 Å². The molecule has 3 atom stereocenters. The lowest BCUT2D eigenvalue weighted by molar-refractivity contribution is -0.0347. The van der Waals surface area contributed by atoms with E-state index in [1.807, 2.05) is 71.9 Å². The average Bonchev–Trinajstić information content (AvgIpc) is 1.67. The molecule has 0 N–H and O–H groups in total. The Morgan fingerprint density at radius 2 is 0.925 bits per heavy atom. The van der Waals surface area contributed by atoms with Crippen molar-refractivity contribution in [1.82, 2.24) is 19.6 Å². The normalized spacial score (nSPS) is 21.0. The minimum absolute atomic E-state index is 0.0694. The largest absolute Gasteiger partial charge is 0.382 e. The average molecular weight is 1510 g/mol. The molecule has 632 valence electrons. The van der Waals surface area contributed by atoms with Crippen molar-refractivity contribution in [2.45, 2.75) is 481 Å². The molecular formula is C95H185N5O7. The van der Waals surface area contributed by atoms with Crippen LogP contribution in [0.15, 0.2) is 24.7 Å². The number of rotatable bonds is 20. The van der Waals surface area contributed by atoms with Gasteiger partial charge in [-0.1, -0.05) is 130 Å². The Labute approximate surface area is 666 Å². The van der Waals surface area contributed by atoms with Crippen molar-refractivity contribution in [1.29, 1.82) is 5.26 Å². The second kappa shape index (κ2) is 54.4. The molecule has 0 spiro atoms. The van der Waals surface area contributed by atoms with E-state index in [0.717, 1.165) is 66.3 Å². The second-order valence-corrected chi connectivity index (χ2v) is 39.7. The quantitative estimate of drug-likeness (QED) is 0.127. The van der Waals surface area contributed by atoms with Crippen molar-refractivity contribution in [2.24, 2.45) is 76.1 Å². The predicted molar refractivity (Wildman–Crippen MR) is 461 cm³/mol. The Hall–Kier alpha value is -2.37. The monoisotopic (exact) mass is 1510 g/mol. The lowest BCUT2D eigenvalue weighted by atomic mass is 9.63. The van der Waals surface area contributed by atoms with E-state index in [9.17, 15) is 0 Å². The Morgan fingerprint density at radius 3 is 1.12 bits per heavy atom. The molecule has 3 unspecified atom stereocenters. The second-order valence-electron chi connectivity index (χ2n) is 39.7. The molecule has 2 aromatic heterocycles. The van der Waals surface area contributed by atoms with Gasteiger partial charge in [0.1, 0.15) is 0 Å². The van der Waals surface area contributed by atoms with E-state index in [1.165, 1.54) is 153 Å². The highest BCUT2D eigenvalue weighted by Crippen LogP contribution is 2.53. The first-order chi connectivity index (χ1) is 49.6. The predicted octanol–water partition coefficient (Wildman–Crippen LogP) is 27.6. The zero-order chi connectivity index (χ0) is 82.2. The molecule has 10 fully saturated rings. The maximum absolute atomic E-state index is 8.76. The van der Waals surface area contributed by atoms with Gasteiger partial charge in [-0.25, -0.2) is 0 Å². The molecule has 0 bridgehead atoms. The van der Waals surface area contributed by atoms with Gasteiger partial charge in [-0.05, 0) is 347 Å². The number of nitriles is 1. The van der Waals surface area contributed by atoms with E-state index in [2.05, 4.69) is 221 Å². The smallest absolute Gasteiger partial charge is 0.0692 e. The highest BCUT2D eigenvalue weighted by atomic mass is 16.5. The summed E-state index contributed by atoms with van der Waals surface area (Å²) in [5.41, 5.74) is 4.65. The van der Waals surface area contributed by atoms with Crippen LogP contribution >= 0.6 is 0 Å². The minimum Gasteiger partial charge on any atom is -0.382 e. The topological polar surface area (TPSA) is 124 Å². The van der Waals surface area contributed by atoms with Crippen molar-refractivity contribution >= 4 is 0 Å². The summed E-state index contributed by atoms with van der Waals surface area (Å²) in [6.45, 7) is 74.7. The van der Waals surface area contributed by atoms with E-state index >= 15 is 0 Å². The van der Waals surface area contributed by atoms with Crippen molar-refractivity contribution in [3.8, 4) is 6.07 Å². The van der Waals surface area contributed by atoms with Crippen LogP contribution < -0.4 is 0 Å². The van der Waals surface area contributed by atoms with E-state index in [-0.39, 0.29) is 5.41 Å². The molecule has 0 saturated heterocycles. The summed E-state index contributed by atoms with van der Waals surface area (Å²) in [6.07, 6.45) is 44.2. The molecule has 10 saturated carbocycles. The SMILES string of the molecule is CC(C)(C)C1CC1.CC(C)(C)C1CCC1.CC(C)C1(C#N)CCC1.CC(C)C1(C)CC1.CC(C)OC(C)C.CC(C)OC(C)C1CC1.CC(C)OC1CC2CC2C1.CC(C)OC1CCC1.CC(C)OC1CCCC1.CC(C)OCC1CC1.CC(C)c1ccnn1C(C)C.CC(C)c1cnn(C)c1.COC(C)C. The van der Waals surface area contributed by atoms with Crippen LogP contribution in [0.4, 0.5) is 0 Å². The Kier molecular flexibility index (Phi) is 53.2. The van der Waals surface area contributed by atoms with Crippen LogP contribution in [0.5, 0.6) is 0 Å². The lowest BCUT2D eigenvalue weighted by Crippen LogP contribution is -2.32. The van der Waals surface area contributed by atoms with Gasteiger partial charge in [0, 0.05) is 44.9 Å². The van der Waals surface area contributed by atoms with Crippen LogP contribution in [0, 0.1) is 80.3 Å². The molecular weight excluding hydrogens is 1320 g/mol. The van der Waals surface area contributed by atoms with Gasteiger partial charge in [-0.15, -0.1) is 0 Å². The Balaban J connectivity index is 0.00000114. The van der Waals surface area contributed by atoms with Crippen molar-refractivity contribution in [3.63, 3.8) is 0 Å². The number of ether oxygens (including phenoxy) is 7. The number of aryl methyl sites for hydroxylation is 1. The molecule has 0 radical (unpaired) electrons. The van der Waals surface area contributed by atoms with E-state index in [1.54, 1.807) is 7.11 Å². The maximum atomic E-state index is 8.76. The number of hydrogen-bond donors (Lipinski definition) is 0. The van der Waals surface area contributed by atoms with Gasteiger partial charge in [-0.2, -0.15) is 15.5 Å². The molecule has 2 aromatic rings. The van der Waals surface area contributed by atoms with Crippen molar-refractivity contribution in [2.75, 3.05) is 13.7 Å². The lowest BCUT2D eigenvalue weighted by Gasteiger charge is -2.38. The zero-order valence-electron chi connectivity index (χ0n) is 77.9. The number of fused-ring (bicyclic) bond motifs is 1. The third-order valence-corrected chi connectivity index (χ3v) is 22.4.